The molecule has 3 heterocycles. The Balaban J connectivity index is 1.46. The van der Waals surface area contributed by atoms with Crippen LogP contribution in [0.4, 0.5) is 0 Å². The van der Waals surface area contributed by atoms with Gasteiger partial charge in [0, 0.05) is 27.8 Å². The molecular formula is C20H15NO5S. The fourth-order valence-electron chi connectivity index (χ4n) is 2.71. The van der Waals surface area contributed by atoms with E-state index in [-0.39, 0.29) is 12.1 Å². The second-order valence-corrected chi connectivity index (χ2v) is 6.87. The van der Waals surface area contributed by atoms with Crippen LogP contribution in [0.25, 0.3) is 22.3 Å². The second-order valence-electron chi connectivity index (χ2n) is 5.93. The predicted octanol–water partition coefficient (Wildman–Crippen LogP) is 3.58. The van der Waals surface area contributed by atoms with Gasteiger partial charge in [-0.25, -0.2) is 4.79 Å². The van der Waals surface area contributed by atoms with Crippen molar-refractivity contribution in [3.63, 3.8) is 0 Å². The first kappa shape index (κ1) is 17.3. The highest BCUT2D eigenvalue weighted by Crippen LogP contribution is 2.29. The van der Waals surface area contributed by atoms with Gasteiger partial charge in [-0.2, -0.15) is 0 Å². The van der Waals surface area contributed by atoms with Crippen molar-refractivity contribution in [2.24, 2.45) is 0 Å². The number of thiophene rings is 1. The summed E-state index contributed by atoms with van der Waals surface area (Å²) < 4.78 is 10.5. The number of carbonyl (C=O) groups is 1. The molecule has 1 atom stereocenters. The Morgan fingerprint density at radius 1 is 1.19 bits per heavy atom. The van der Waals surface area contributed by atoms with Crippen molar-refractivity contribution in [1.82, 2.24) is 5.32 Å². The van der Waals surface area contributed by atoms with Crippen LogP contribution in [0, 0.1) is 0 Å². The third kappa shape index (κ3) is 3.55. The zero-order valence-electron chi connectivity index (χ0n) is 14.0. The van der Waals surface area contributed by atoms with Crippen molar-refractivity contribution in [2.45, 2.75) is 6.10 Å². The van der Waals surface area contributed by atoms with E-state index in [2.05, 4.69) is 5.32 Å². The van der Waals surface area contributed by atoms with E-state index in [1.807, 2.05) is 17.5 Å². The van der Waals surface area contributed by atoms with Gasteiger partial charge < -0.3 is 19.3 Å². The number of hydrogen-bond acceptors (Lipinski definition) is 6. The highest BCUT2D eigenvalue weighted by molar-refractivity contribution is 7.10. The molecule has 6 nitrogen and oxygen atoms in total. The molecule has 0 spiro atoms. The Morgan fingerprint density at radius 3 is 2.85 bits per heavy atom. The highest BCUT2D eigenvalue weighted by atomic mass is 32.1. The summed E-state index contributed by atoms with van der Waals surface area (Å²) in [5.74, 6) is 0.124. The van der Waals surface area contributed by atoms with Gasteiger partial charge in [-0.3, -0.25) is 4.79 Å². The van der Waals surface area contributed by atoms with E-state index in [4.69, 9.17) is 8.83 Å². The van der Waals surface area contributed by atoms with E-state index in [9.17, 15) is 14.7 Å². The minimum atomic E-state index is -0.893. The lowest BCUT2D eigenvalue weighted by Crippen LogP contribution is -2.31. The predicted molar refractivity (Wildman–Crippen MR) is 102 cm³/mol. The number of aliphatic hydroxyl groups is 1. The van der Waals surface area contributed by atoms with Crippen LogP contribution in [0.1, 0.15) is 21.3 Å². The maximum absolute atomic E-state index is 12.3. The first-order valence-electron chi connectivity index (χ1n) is 8.23. The molecule has 0 aliphatic rings. The average molecular weight is 381 g/mol. The molecule has 0 saturated heterocycles. The van der Waals surface area contributed by atoms with Gasteiger partial charge in [-0.05, 0) is 30.3 Å². The molecule has 1 unspecified atom stereocenters. The van der Waals surface area contributed by atoms with Crippen molar-refractivity contribution in [1.29, 1.82) is 0 Å². The first-order chi connectivity index (χ1) is 13.1. The third-order valence-electron chi connectivity index (χ3n) is 4.10. The van der Waals surface area contributed by atoms with Gasteiger partial charge in [0.2, 0.25) is 0 Å². The maximum atomic E-state index is 12.3. The van der Waals surface area contributed by atoms with Crippen molar-refractivity contribution >= 4 is 28.2 Å². The molecule has 0 radical (unpaired) electrons. The zero-order valence-corrected chi connectivity index (χ0v) is 14.9. The number of furan rings is 1. The van der Waals surface area contributed by atoms with Crippen molar-refractivity contribution in [3.05, 3.63) is 81.0 Å². The van der Waals surface area contributed by atoms with E-state index in [1.165, 1.54) is 17.4 Å². The maximum Gasteiger partial charge on any atom is 0.349 e. The van der Waals surface area contributed by atoms with Crippen LogP contribution < -0.4 is 10.9 Å². The van der Waals surface area contributed by atoms with Gasteiger partial charge in [0.05, 0.1) is 6.26 Å². The lowest BCUT2D eigenvalue weighted by molar-refractivity contribution is 0.0914. The molecule has 4 aromatic rings. The zero-order chi connectivity index (χ0) is 18.8. The summed E-state index contributed by atoms with van der Waals surface area (Å²) in [5, 5.41) is 15.4. The Morgan fingerprint density at radius 2 is 2.04 bits per heavy atom. The summed E-state index contributed by atoms with van der Waals surface area (Å²) >= 11 is 1.37. The number of carbonyl (C=O) groups excluding carboxylic acids is 1. The number of amides is 1. The third-order valence-corrected chi connectivity index (χ3v) is 5.13. The lowest BCUT2D eigenvalue weighted by Gasteiger charge is -2.10. The van der Waals surface area contributed by atoms with Crippen molar-refractivity contribution < 1.29 is 18.7 Å². The SMILES string of the molecule is O=C(NCC(O)c1cc(-c2ccco2)cs1)c1cc2ccccc2oc1=O. The molecule has 0 aliphatic carbocycles. The molecule has 0 aliphatic heterocycles. The topological polar surface area (TPSA) is 92.7 Å². The molecule has 1 aromatic carbocycles. The molecule has 0 saturated carbocycles. The minimum absolute atomic E-state index is 0.0246. The van der Waals surface area contributed by atoms with Crippen LogP contribution >= 0.6 is 11.3 Å². The highest BCUT2D eigenvalue weighted by Gasteiger charge is 2.17. The van der Waals surface area contributed by atoms with Gasteiger partial charge in [-0.15, -0.1) is 11.3 Å². The first-order valence-corrected chi connectivity index (χ1v) is 9.11. The Labute approximate surface area is 157 Å². The number of hydrogen-bond donors (Lipinski definition) is 2. The van der Waals surface area contributed by atoms with Gasteiger partial charge in [0.1, 0.15) is 23.0 Å². The van der Waals surface area contributed by atoms with E-state index >= 15 is 0 Å². The molecule has 7 heteroatoms. The monoisotopic (exact) mass is 381 g/mol. The van der Waals surface area contributed by atoms with Crippen LogP contribution in [0.3, 0.4) is 0 Å². The van der Waals surface area contributed by atoms with E-state index < -0.39 is 17.6 Å². The Hall–Kier alpha value is -3.16. The summed E-state index contributed by atoms with van der Waals surface area (Å²) in [7, 11) is 0. The quantitative estimate of drug-likeness (QED) is 0.516. The number of fused-ring (bicyclic) bond motifs is 1. The smallest absolute Gasteiger partial charge is 0.349 e. The number of para-hydroxylation sites is 1. The molecule has 136 valence electrons. The fraction of sp³-hybridized carbons (Fsp3) is 0.100. The van der Waals surface area contributed by atoms with Gasteiger partial charge in [0.25, 0.3) is 5.91 Å². The largest absolute Gasteiger partial charge is 0.464 e. The molecule has 0 bridgehead atoms. The molecule has 2 N–H and O–H groups in total. The van der Waals surface area contributed by atoms with Crippen LogP contribution in [-0.4, -0.2) is 17.6 Å². The van der Waals surface area contributed by atoms with Crippen LogP contribution in [-0.2, 0) is 0 Å². The van der Waals surface area contributed by atoms with E-state index in [0.29, 0.717) is 21.6 Å². The van der Waals surface area contributed by atoms with E-state index in [0.717, 1.165) is 5.56 Å². The molecule has 27 heavy (non-hydrogen) atoms. The number of benzene rings is 1. The van der Waals surface area contributed by atoms with Gasteiger partial charge >= 0.3 is 5.63 Å². The average Bonchev–Trinajstić information content (AvgIpc) is 3.36. The Bertz CT molecular complexity index is 1140. The standard InChI is InChI=1S/C20H15NO5S/c22-15(18-9-13(11-27-18)16-6-3-7-25-16)10-21-19(23)14-8-12-4-1-2-5-17(12)26-20(14)24/h1-9,11,15,22H,10H2,(H,21,23). The number of rotatable bonds is 5. The molecule has 3 aromatic heterocycles. The number of nitrogens with one attached hydrogen (secondary N) is 1. The summed E-state index contributed by atoms with van der Waals surface area (Å²) in [6, 6.07) is 13.9. The van der Waals surface area contributed by atoms with Crippen molar-refractivity contribution in [3.8, 4) is 11.3 Å². The number of aliphatic hydroxyl groups excluding tert-OH is 1. The van der Waals surface area contributed by atoms with E-state index in [1.54, 1.807) is 36.6 Å². The van der Waals surface area contributed by atoms with Crippen LogP contribution in [0.15, 0.2) is 73.8 Å². The normalized spacial score (nSPS) is 12.2. The summed E-state index contributed by atoms with van der Waals surface area (Å²) in [5.41, 5.74) is 0.476. The molecule has 1 amide bonds. The van der Waals surface area contributed by atoms with Crippen LogP contribution in [0.2, 0.25) is 0 Å². The second kappa shape index (κ2) is 7.22. The summed E-state index contributed by atoms with van der Waals surface area (Å²) in [4.78, 5) is 25.1. The summed E-state index contributed by atoms with van der Waals surface area (Å²) in [6.07, 6.45) is 0.688. The summed E-state index contributed by atoms with van der Waals surface area (Å²) in [6.45, 7) is -0.0246. The lowest BCUT2D eigenvalue weighted by atomic mass is 10.1. The molecule has 4 rings (SSSR count). The minimum Gasteiger partial charge on any atom is -0.464 e. The van der Waals surface area contributed by atoms with Crippen molar-refractivity contribution in [2.75, 3.05) is 6.54 Å². The van der Waals surface area contributed by atoms with Gasteiger partial charge in [0.15, 0.2) is 0 Å². The van der Waals surface area contributed by atoms with Gasteiger partial charge in [-0.1, -0.05) is 18.2 Å². The fourth-order valence-corrected chi connectivity index (χ4v) is 3.59. The molecular weight excluding hydrogens is 366 g/mol. The molecule has 0 fully saturated rings. The Kier molecular flexibility index (Phi) is 4.62. The van der Waals surface area contributed by atoms with Crippen LogP contribution in [0.5, 0.6) is 0 Å².